The molecule has 116 valence electrons. The maximum Gasteiger partial charge on any atom is 0.193 e. The van der Waals surface area contributed by atoms with Crippen molar-refractivity contribution in [1.82, 2.24) is 15.1 Å². The fourth-order valence-electron chi connectivity index (χ4n) is 2.36. The van der Waals surface area contributed by atoms with E-state index < -0.39 is 0 Å². The molecule has 4 nitrogen and oxygen atoms in total. The number of hydrogen-bond donors (Lipinski definition) is 1. The number of hydrogen-bond acceptors (Lipinski definition) is 3. The Morgan fingerprint density at radius 1 is 1.33 bits per heavy atom. The fourth-order valence-corrected chi connectivity index (χ4v) is 2.73. The molecule has 21 heavy (non-hydrogen) atoms. The van der Waals surface area contributed by atoms with Crippen LogP contribution in [0.2, 0.25) is 10.2 Å². The van der Waals surface area contributed by atoms with Crippen molar-refractivity contribution in [1.29, 1.82) is 0 Å². The monoisotopic (exact) mass is 329 g/mol. The molecule has 0 aromatic carbocycles. The van der Waals surface area contributed by atoms with Crippen LogP contribution in [0.15, 0.2) is 16.5 Å². The minimum absolute atomic E-state index is 0.0383. The zero-order valence-corrected chi connectivity index (χ0v) is 14.1. The summed E-state index contributed by atoms with van der Waals surface area (Å²) in [7, 11) is 0. The van der Waals surface area contributed by atoms with E-state index >= 15 is 0 Å². The van der Waals surface area contributed by atoms with Gasteiger partial charge in [0.2, 0.25) is 0 Å². The van der Waals surface area contributed by atoms with Gasteiger partial charge in [0.05, 0.1) is 22.5 Å². The number of rotatable bonds is 7. The van der Waals surface area contributed by atoms with Crippen LogP contribution in [-0.4, -0.2) is 16.3 Å². The van der Waals surface area contributed by atoms with Crippen molar-refractivity contribution < 1.29 is 4.42 Å². The Morgan fingerprint density at radius 2 is 2.10 bits per heavy atom. The molecular formula is C15H21Cl2N3O. The molecule has 0 amide bonds. The van der Waals surface area contributed by atoms with Gasteiger partial charge in [-0.25, -0.2) is 0 Å². The Kier molecular flexibility index (Phi) is 5.73. The average molecular weight is 330 g/mol. The highest BCUT2D eigenvalue weighted by Gasteiger charge is 2.21. The van der Waals surface area contributed by atoms with Gasteiger partial charge in [0.1, 0.15) is 5.76 Å². The fraction of sp³-hybridized carbons (Fsp3) is 0.533. The van der Waals surface area contributed by atoms with Gasteiger partial charge < -0.3 is 9.73 Å². The molecule has 0 saturated heterocycles. The molecule has 1 N–H and O–H groups in total. The van der Waals surface area contributed by atoms with Gasteiger partial charge >= 0.3 is 0 Å². The second-order valence-electron chi connectivity index (χ2n) is 5.01. The molecule has 2 aromatic rings. The molecule has 2 rings (SSSR count). The summed E-state index contributed by atoms with van der Waals surface area (Å²) in [6.45, 7) is 7.81. The Balaban J connectivity index is 2.26. The van der Waals surface area contributed by atoms with Gasteiger partial charge in [-0.2, -0.15) is 5.10 Å². The third kappa shape index (κ3) is 3.82. The predicted molar refractivity (Wildman–Crippen MR) is 86.1 cm³/mol. The highest BCUT2D eigenvalue weighted by molar-refractivity contribution is 6.31. The largest absolute Gasteiger partial charge is 0.448 e. The minimum Gasteiger partial charge on any atom is -0.448 e. The van der Waals surface area contributed by atoms with Crippen molar-refractivity contribution >= 4 is 23.2 Å². The number of nitrogens with zero attached hydrogens (tertiary/aromatic N) is 2. The van der Waals surface area contributed by atoms with E-state index in [0.29, 0.717) is 5.22 Å². The van der Waals surface area contributed by atoms with Crippen LogP contribution in [-0.2, 0) is 13.0 Å². The Labute approximate surface area is 135 Å². The van der Waals surface area contributed by atoms with Crippen molar-refractivity contribution in [2.75, 3.05) is 6.54 Å². The summed E-state index contributed by atoms with van der Waals surface area (Å²) in [6.07, 6.45) is 1.77. The van der Waals surface area contributed by atoms with Crippen LogP contribution in [0.5, 0.6) is 0 Å². The molecule has 0 saturated carbocycles. The van der Waals surface area contributed by atoms with Gasteiger partial charge in [-0.05, 0) is 50.5 Å². The molecule has 2 heterocycles. The normalized spacial score (nSPS) is 12.8. The van der Waals surface area contributed by atoms with Gasteiger partial charge in [0, 0.05) is 13.0 Å². The van der Waals surface area contributed by atoms with E-state index in [9.17, 15) is 0 Å². The highest BCUT2D eigenvalue weighted by Crippen LogP contribution is 2.28. The second-order valence-corrected chi connectivity index (χ2v) is 5.77. The maximum absolute atomic E-state index is 6.40. The summed E-state index contributed by atoms with van der Waals surface area (Å²) in [6, 6.07) is 3.71. The molecule has 0 spiro atoms. The minimum atomic E-state index is 0.0383. The van der Waals surface area contributed by atoms with Crippen molar-refractivity contribution in [3.05, 3.63) is 39.5 Å². The van der Waals surface area contributed by atoms with E-state index in [0.717, 1.165) is 48.1 Å². The summed E-state index contributed by atoms with van der Waals surface area (Å²) in [5, 5.41) is 9.08. The van der Waals surface area contributed by atoms with Crippen molar-refractivity contribution in [3.8, 4) is 0 Å². The maximum atomic E-state index is 6.40. The molecule has 2 aromatic heterocycles. The predicted octanol–water partition coefficient (Wildman–Crippen LogP) is 4.39. The van der Waals surface area contributed by atoms with Crippen LogP contribution in [0.1, 0.15) is 43.5 Å². The van der Waals surface area contributed by atoms with E-state index in [1.54, 1.807) is 6.07 Å². The zero-order chi connectivity index (χ0) is 15.4. The van der Waals surface area contributed by atoms with E-state index in [-0.39, 0.29) is 6.04 Å². The second kappa shape index (κ2) is 7.34. The molecule has 0 bridgehead atoms. The third-order valence-electron chi connectivity index (χ3n) is 3.43. The molecule has 0 aliphatic heterocycles. The summed E-state index contributed by atoms with van der Waals surface area (Å²) >= 11 is 12.3. The van der Waals surface area contributed by atoms with Crippen molar-refractivity contribution in [3.63, 3.8) is 0 Å². The highest BCUT2D eigenvalue weighted by atomic mass is 35.5. The Bertz CT molecular complexity index is 592. The van der Waals surface area contributed by atoms with Crippen LogP contribution in [0.3, 0.4) is 0 Å². The Hall–Kier alpha value is -0.970. The lowest BCUT2D eigenvalue weighted by atomic mass is 10.1. The average Bonchev–Trinajstić information content (AvgIpc) is 3.01. The van der Waals surface area contributed by atoms with Crippen LogP contribution in [0.4, 0.5) is 0 Å². The van der Waals surface area contributed by atoms with E-state index in [1.165, 1.54) is 0 Å². The number of furan rings is 1. The van der Waals surface area contributed by atoms with Gasteiger partial charge in [-0.1, -0.05) is 18.5 Å². The Morgan fingerprint density at radius 3 is 2.67 bits per heavy atom. The van der Waals surface area contributed by atoms with Gasteiger partial charge in [0.25, 0.3) is 0 Å². The number of halogens is 2. The lowest BCUT2D eigenvalue weighted by molar-refractivity contribution is 0.403. The lowest BCUT2D eigenvalue weighted by Gasteiger charge is -2.17. The molecule has 6 heteroatoms. The first-order chi connectivity index (χ1) is 10.1. The molecule has 0 aliphatic carbocycles. The van der Waals surface area contributed by atoms with E-state index in [4.69, 9.17) is 27.6 Å². The molecule has 0 fully saturated rings. The van der Waals surface area contributed by atoms with Crippen LogP contribution in [0.25, 0.3) is 0 Å². The zero-order valence-electron chi connectivity index (χ0n) is 12.6. The molecule has 1 atom stereocenters. The smallest absolute Gasteiger partial charge is 0.193 e. The molecule has 0 aliphatic rings. The summed E-state index contributed by atoms with van der Waals surface area (Å²) < 4.78 is 7.51. The summed E-state index contributed by atoms with van der Waals surface area (Å²) in [4.78, 5) is 0. The van der Waals surface area contributed by atoms with Crippen molar-refractivity contribution in [2.45, 2.75) is 46.2 Å². The SMILES string of the molecule is CCCNC(Cc1c(Cl)c(C)nn1CC)c1ccc(Cl)o1. The third-order valence-corrected chi connectivity index (χ3v) is 4.12. The van der Waals surface area contributed by atoms with Gasteiger partial charge in [-0.15, -0.1) is 0 Å². The topological polar surface area (TPSA) is 43.0 Å². The first-order valence-electron chi connectivity index (χ1n) is 7.27. The molecular weight excluding hydrogens is 309 g/mol. The first-order valence-corrected chi connectivity index (χ1v) is 8.02. The van der Waals surface area contributed by atoms with Crippen molar-refractivity contribution in [2.24, 2.45) is 0 Å². The number of nitrogens with one attached hydrogen (secondary N) is 1. The van der Waals surface area contributed by atoms with E-state index in [1.807, 2.05) is 17.7 Å². The summed E-state index contributed by atoms with van der Waals surface area (Å²) in [5.41, 5.74) is 1.89. The first kappa shape index (κ1) is 16.4. The molecule has 1 unspecified atom stereocenters. The van der Waals surface area contributed by atoms with Crippen LogP contribution < -0.4 is 5.32 Å². The number of aromatic nitrogens is 2. The molecule has 0 radical (unpaired) electrons. The van der Waals surface area contributed by atoms with Gasteiger partial charge in [0.15, 0.2) is 5.22 Å². The van der Waals surface area contributed by atoms with Crippen LogP contribution >= 0.6 is 23.2 Å². The lowest BCUT2D eigenvalue weighted by Crippen LogP contribution is -2.25. The number of aryl methyl sites for hydroxylation is 2. The standard InChI is InChI=1S/C15H21Cl2N3O/c1-4-8-18-11(13-6-7-14(16)21-13)9-12-15(17)10(3)19-20(12)5-2/h6-7,11,18H,4-5,8-9H2,1-3H3. The summed E-state index contributed by atoms with van der Waals surface area (Å²) in [5.74, 6) is 0.825. The quantitative estimate of drug-likeness (QED) is 0.818. The van der Waals surface area contributed by atoms with E-state index in [2.05, 4.69) is 24.3 Å². The van der Waals surface area contributed by atoms with Crippen LogP contribution in [0, 0.1) is 6.92 Å². The van der Waals surface area contributed by atoms with Gasteiger partial charge in [-0.3, -0.25) is 4.68 Å².